The molecule has 0 unspecified atom stereocenters. The highest BCUT2D eigenvalue weighted by Crippen LogP contribution is 2.34. The predicted octanol–water partition coefficient (Wildman–Crippen LogP) is 4.67. The molecule has 0 atom stereocenters. The van der Waals surface area contributed by atoms with E-state index in [1.807, 2.05) is 36.4 Å². The minimum absolute atomic E-state index is 0.0174. The maximum absolute atomic E-state index is 13.2. The predicted molar refractivity (Wildman–Crippen MR) is 151 cm³/mol. The fourth-order valence-corrected chi connectivity index (χ4v) is 5.80. The Labute approximate surface area is 226 Å². The summed E-state index contributed by atoms with van der Waals surface area (Å²) in [5.41, 5.74) is 6.63. The van der Waals surface area contributed by atoms with Gasteiger partial charge in [-0.05, 0) is 53.9 Å². The summed E-state index contributed by atoms with van der Waals surface area (Å²) in [7, 11) is 0. The van der Waals surface area contributed by atoms with Crippen molar-refractivity contribution < 1.29 is 4.79 Å². The summed E-state index contributed by atoms with van der Waals surface area (Å²) in [5.74, 6) is 1.39. The molecule has 5 rings (SSSR count). The average molecular weight is 508 g/mol. The van der Waals surface area contributed by atoms with Gasteiger partial charge in [-0.15, -0.1) is 0 Å². The lowest BCUT2D eigenvalue weighted by atomic mass is 9.97. The van der Waals surface area contributed by atoms with Crippen LogP contribution in [0.25, 0.3) is 0 Å². The number of piperazine rings is 1. The van der Waals surface area contributed by atoms with Crippen LogP contribution in [-0.4, -0.2) is 48.5 Å². The van der Waals surface area contributed by atoms with Crippen molar-refractivity contribution in [2.75, 3.05) is 37.6 Å². The molecule has 1 N–H and O–H groups in total. The number of anilines is 1. The van der Waals surface area contributed by atoms with E-state index >= 15 is 0 Å². The normalized spacial score (nSPS) is 15.5. The van der Waals surface area contributed by atoms with Crippen LogP contribution in [0.2, 0.25) is 0 Å². The molecule has 2 aromatic carbocycles. The summed E-state index contributed by atoms with van der Waals surface area (Å²) in [6, 6.07) is 22.5. The third-order valence-electron chi connectivity index (χ3n) is 7.66. The number of carbonyl (C=O) groups is 1. The average Bonchev–Trinajstić information content (AvgIpc) is 3.43. The first-order chi connectivity index (χ1) is 18.5. The van der Waals surface area contributed by atoms with Crippen LogP contribution in [0.3, 0.4) is 0 Å². The van der Waals surface area contributed by atoms with Gasteiger partial charge in [0.25, 0.3) is 0 Å². The number of aromatic nitrogens is 1. The SMILES string of the molecule is CC(C)Cc1nc(N2CCN(CC(=O)NC(c3ccccc3)c3ccccc3)CC2)c(C#N)c2c1CCC2. The number of fused-ring (bicyclic) bond motifs is 1. The van der Waals surface area contributed by atoms with Crippen molar-refractivity contribution >= 4 is 11.7 Å². The van der Waals surface area contributed by atoms with E-state index in [2.05, 4.69) is 59.3 Å². The minimum atomic E-state index is -0.181. The van der Waals surface area contributed by atoms with Gasteiger partial charge in [-0.1, -0.05) is 74.5 Å². The Bertz CT molecular complexity index is 1250. The van der Waals surface area contributed by atoms with Crippen LogP contribution in [0.5, 0.6) is 0 Å². The number of hydrogen-bond donors (Lipinski definition) is 1. The van der Waals surface area contributed by atoms with E-state index < -0.39 is 0 Å². The van der Waals surface area contributed by atoms with Crippen LogP contribution in [0.1, 0.15) is 59.8 Å². The van der Waals surface area contributed by atoms with Gasteiger partial charge in [-0.3, -0.25) is 9.69 Å². The van der Waals surface area contributed by atoms with Crippen LogP contribution >= 0.6 is 0 Å². The number of nitrogens with zero attached hydrogens (tertiary/aromatic N) is 4. The van der Waals surface area contributed by atoms with Crippen molar-refractivity contribution in [2.24, 2.45) is 5.92 Å². The van der Waals surface area contributed by atoms with E-state index in [0.29, 0.717) is 12.5 Å². The Morgan fingerprint density at radius 3 is 2.13 bits per heavy atom. The monoisotopic (exact) mass is 507 g/mol. The van der Waals surface area contributed by atoms with Crippen LogP contribution in [-0.2, 0) is 24.1 Å². The van der Waals surface area contributed by atoms with E-state index in [-0.39, 0.29) is 11.9 Å². The highest BCUT2D eigenvalue weighted by atomic mass is 16.2. The van der Waals surface area contributed by atoms with Crippen molar-refractivity contribution in [2.45, 2.75) is 45.6 Å². The largest absolute Gasteiger partial charge is 0.353 e. The summed E-state index contributed by atoms with van der Waals surface area (Å²) in [6.07, 6.45) is 4.07. The standard InChI is InChI=1S/C32H37N5O/c1-23(2)20-29-27-15-9-14-26(27)28(21-33)32(34-29)37-18-16-36(17-19-37)22-30(38)35-31(24-10-5-3-6-11-24)25-12-7-4-8-13-25/h3-8,10-13,23,31H,9,14-20,22H2,1-2H3,(H,35,38). The molecule has 6 heteroatoms. The third kappa shape index (κ3) is 5.74. The van der Waals surface area contributed by atoms with E-state index in [4.69, 9.17) is 4.98 Å². The molecule has 38 heavy (non-hydrogen) atoms. The number of amides is 1. The molecule has 1 aliphatic carbocycles. The molecule has 1 fully saturated rings. The van der Waals surface area contributed by atoms with Gasteiger partial charge in [0.05, 0.1) is 18.2 Å². The maximum atomic E-state index is 13.2. The molecule has 2 aliphatic rings. The van der Waals surface area contributed by atoms with Gasteiger partial charge in [0.1, 0.15) is 11.9 Å². The van der Waals surface area contributed by atoms with Gasteiger partial charge < -0.3 is 10.2 Å². The summed E-state index contributed by atoms with van der Waals surface area (Å²) >= 11 is 0. The number of rotatable bonds is 8. The molecule has 1 aliphatic heterocycles. The Balaban J connectivity index is 1.26. The Morgan fingerprint density at radius 1 is 0.947 bits per heavy atom. The highest BCUT2D eigenvalue weighted by Gasteiger charge is 2.28. The van der Waals surface area contributed by atoms with Gasteiger partial charge in [0, 0.05) is 31.9 Å². The molecule has 0 saturated carbocycles. The number of hydrogen-bond acceptors (Lipinski definition) is 5. The molecule has 0 bridgehead atoms. The Hall–Kier alpha value is -3.69. The molecule has 1 aromatic heterocycles. The van der Waals surface area contributed by atoms with Crippen LogP contribution in [0, 0.1) is 17.2 Å². The third-order valence-corrected chi connectivity index (χ3v) is 7.66. The summed E-state index contributed by atoms with van der Waals surface area (Å²) in [4.78, 5) is 22.7. The molecule has 0 spiro atoms. The zero-order chi connectivity index (χ0) is 26.5. The van der Waals surface area contributed by atoms with Crippen molar-refractivity contribution in [3.05, 3.63) is 94.2 Å². The van der Waals surface area contributed by atoms with Crippen molar-refractivity contribution in [1.29, 1.82) is 5.26 Å². The first-order valence-electron chi connectivity index (χ1n) is 13.8. The number of nitriles is 1. The second-order valence-electron chi connectivity index (χ2n) is 10.9. The number of carbonyl (C=O) groups excluding carboxylic acids is 1. The zero-order valence-corrected chi connectivity index (χ0v) is 22.5. The van der Waals surface area contributed by atoms with Crippen LogP contribution < -0.4 is 10.2 Å². The number of benzene rings is 2. The molecule has 196 valence electrons. The first-order valence-corrected chi connectivity index (χ1v) is 13.8. The molecule has 0 radical (unpaired) electrons. The fraction of sp³-hybridized carbons (Fsp3) is 0.406. The lowest BCUT2D eigenvalue weighted by molar-refractivity contribution is -0.122. The van der Waals surface area contributed by atoms with Gasteiger partial charge in [0.15, 0.2) is 0 Å². The molecular weight excluding hydrogens is 470 g/mol. The Morgan fingerprint density at radius 2 is 1.55 bits per heavy atom. The fourth-order valence-electron chi connectivity index (χ4n) is 5.80. The lowest BCUT2D eigenvalue weighted by Gasteiger charge is -2.36. The van der Waals surface area contributed by atoms with Gasteiger partial charge in [0.2, 0.25) is 5.91 Å². The van der Waals surface area contributed by atoms with Crippen molar-refractivity contribution in [3.63, 3.8) is 0 Å². The minimum Gasteiger partial charge on any atom is -0.353 e. The summed E-state index contributed by atoms with van der Waals surface area (Å²) in [6.45, 7) is 7.85. The molecule has 6 nitrogen and oxygen atoms in total. The molecule has 1 saturated heterocycles. The Kier molecular flexibility index (Phi) is 8.05. The van der Waals surface area contributed by atoms with E-state index in [9.17, 15) is 10.1 Å². The quantitative estimate of drug-likeness (QED) is 0.480. The molecular formula is C32H37N5O. The molecule has 2 heterocycles. The topological polar surface area (TPSA) is 72.3 Å². The van der Waals surface area contributed by atoms with Crippen LogP contribution in [0.4, 0.5) is 5.82 Å². The molecule has 1 amide bonds. The maximum Gasteiger partial charge on any atom is 0.234 e. The smallest absolute Gasteiger partial charge is 0.234 e. The van der Waals surface area contributed by atoms with E-state index in [1.165, 1.54) is 16.8 Å². The van der Waals surface area contributed by atoms with Crippen molar-refractivity contribution in [1.82, 2.24) is 15.2 Å². The van der Waals surface area contributed by atoms with Crippen LogP contribution in [0.15, 0.2) is 60.7 Å². The molecule has 3 aromatic rings. The van der Waals surface area contributed by atoms with Gasteiger partial charge >= 0.3 is 0 Å². The summed E-state index contributed by atoms with van der Waals surface area (Å²) < 4.78 is 0. The zero-order valence-electron chi connectivity index (χ0n) is 22.5. The second kappa shape index (κ2) is 11.8. The van der Waals surface area contributed by atoms with Gasteiger partial charge in [-0.2, -0.15) is 5.26 Å². The highest BCUT2D eigenvalue weighted by molar-refractivity contribution is 5.79. The number of nitrogens with one attached hydrogen (secondary N) is 1. The van der Waals surface area contributed by atoms with E-state index in [0.717, 1.165) is 74.4 Å². The lowest BCUT2D eigenvalue weighted by Crippen LogP contribution is -2.50. The van der Waals surface area contributed by atoms with E-state index in [1.54, 1.807) is 0 Å². The van der Waals surface area contributed by atoms with Gasteiger partial charge in [-0.25, -0.2) is 4.98 Å². The van der Waals surface area contributed by atoms with Crippen molar-refractivity contribution in [3.8, 4) is 6.07 Å². The number of pyridine rings is 1. The second-order valence-corrected chi connectivity index (χ2v) is 10.9. The first kappa shape index (κ1) is 25.9. The summed E-state index contributed by atoms with van der Waals surface area (Å²) in [5, 5.41) is 13.3.